The van der Waals surface area contributed by atoms with Gasteiger partial charge < -0.3 is 4.74 Å². The third-order valence-corrected chi connectivity index (χ3v) is 4.02. The third-order valence-electron chi connectivity index (χ3n) is 4.02. The summed E-state index contributed by atoms with van der Waals surface area (Å²) in [5.41, 5.74) is 1.06. The van der Waals surface area contributed by atoms with Crippen LogP contribution in [-0.2, 0) is 4.74 Å². The van der Waals surface area contributed by atoms with Crippen molar-refractivity contribution in [2.45, 2.75) is 45.1 Å². The second-order valence-electron chi connectivity index (χ2n) is 5.46. The maximum atomic E-state index is 12.6. The van der Waals surface area contributed by atoms with Crippen LogP contribution < -0.4 is 0 Å². The Morgan fingerprint density at radius 1 is 1.39 bits per heavy atom. The van der Waals surface area contributed by atoms with Gasteiger partial charge in [-0.3, -0.25) is 9.78 Å². The zero-order valence-corrected chi connectivity index (χ0v) is 11.4. The van der Waals surface area contributed by atoms with E-state index in [1.54, 1.807) is 19.5 Å². The summed E-state index contributed by atoms with van der Waals surface area (Å²) in [4.78, 5) is 16.8. The molecule has 0 unspecified atom stereocenters. The Morgan fingerprint density at radius 2 is 2.06 bits per heavy atom. The first-order chi connectivity index (χ1) is 8.57. The van der Waals surface area contributed by atoms with Crippen LogP contribution in [0.25, 0.3) is 0 Å². The molecule has 18 heavy (non-hydrogen) atoms. The summed E-state index contributed by atoms with van der Waals surface area (Å²) >= 11 is 0. The van der Waals surface area contributed by atoms with Gasteiger partial charge in [0, 0.05) is 25.1 Å². The highest BCUT2D eigenvalue weighted by molar-refractivity contribution is 6.02. The molecule has 1 aromatic heterocycles. The fraction of sp³-hybridized carbons (Fsp3) is 0.600. The van der Waals surface area contributed by atoms with Gasteiger partial charge in [-0.1, -0.05) is 6.92 Å². The molecule has 0 aliphatic heterocycles. The summed E-state index contributed by atoms with van der Waals surface area (Å²) < 4.78 is 5.61. The lowest BCUT2D eigenvalue weighted by atomic mass is 9.75. The van der Waals surface area contributed by atoms with Crippen molar-refractivity contribution in [3.63, 3.8) is 0 Å². The summed E-state index contributed by atoms with van der Waals surface area (Å²) in [5, 5.41) is 0. The second-order valence-corrected chi connectivity index (χ2v) is 5.46. The zero-order chi connectivity index (χ0) is 13.2. The third kappa shape index (κ3) is 2.46. The molecule has 3 heteroatoms. The quantitative estimate of drug-likeness (QED) is 0.770. The highest BCUT2D eigenvalue weighted by Gasteiger charge is 2.41. The van der Waals surface area contributed by atoms with E-state index in [0.29, 0.717) is 11.5 Å². The standard InChI is InChI=1S/C15H21NO2/c1-11-4-6-15(18-3,7-5-11)14(17)13-8-12(2)9-16-10-13/h8-11H,4-7H2,1-3H3. The number of carbonyl (C=O) groups excluding carboxylic acids is 1. The first-order valence-electron chi connectivity index (χ1n) is 6.59. The molecule has 0 saturated heterocycles. The molecule has 1 aliphatic carbocycles. The summed E-state index contributed by atoms with van der Waals surface area (Å²) in [6.07, 6.45) is 7.15. The molecule has 0 atom stereocenters. The number of hydrogen-bond acceptors (Lipinski definition) is 3. The number of Topliss-reactive ketones (excluding diaryl/α,β-unsaturated/α-hetero) is 1. The van der Waals surface area contributed by atoms with Gasteiger partial charge in [0.2, 0.25) is 0 Å². The smallest absolute Gasteiger partial charge is 0.196 e. The molecule has 3 nitrogen and oxygen atoms in total. The molecule has 98 valence electrons. The number of carbonyl (C=O) groups is 1. The van der Waals surface area contributed by atoms with E-state index in [1.807, 2.05) is 13.0 Å². The van der Waals surface area contributed by atoms with E-state index in [2.05, 4.69) is 11.9 Å². The molecular weight excluding hydrogens is 226 g/mol. The molecule has 1 aliphatic rings. The van der Waals surface area contributed by atoms with Crippen molar-refractivity contribution in [1.29, 1.82) is 0 Å². The van der Waals surface area contributed by atoms with E-state index in [0.717, 1.165) is 31.2 Å². The lowest BCUT2D eigenvalue weighted by Gasteiger charge is -2.36. The number of aryl methyl sites for hydroxylation is 1. The van der Waals surface area contributed by atoms with E-state index >= 15 is 0 Å². The number of pyridine rings is 1. The van der Waals surface area contributed by atoms with Crippen molar-refractivity contribution in [3.05, 3.63) is 29.6 Å². The van der Waals surface area contributed by atoms with Crippen LogP contribution in [0.4, 0.5) is 0 Å². The van der Waals surface area contributed by atoms with Crippen LogP contribution in [0.1, 0.15) is 48.5 Å². The normalized spacial score (nSPS) is 28.1. The van der Waals surface area contributed by atoms with Crippen LogP contribution >= 0.6 is 0 Å². The largest absolute Gasteiger partial charge is 0.370 e. The summed E-state index contributed by atoms with van der Waals surface area (Å²) in [5.74, 6) is 0.782. The van der Waals surface area contributed by atoms with E-state index in [9.17, 15) is 4.79 Å². The van der Waals surface area contributed by atoms with Crippen molar-refractivity contribution in [2.75, 3.05) is 7.11 Å². The number of ether oxygens (including phenoxy) is 1. The van der Waals surface area contributed by atoms with Crippen molar-refractivity contribution in [2.24, 2.45) is 5.92 Å². The molecule has 0 spiro atoms. The average molecular weight is 247 g/mol. The summed E-state index contributed by atoms with van der Waals surface area (Å²) in [7, 11) is 1.65. The minimum absolute atomic E-state index is 0.0908. The monoisotopic (exact) mass is 247 g/mol. The molecule has 1 fully saturated rings. The van der Waals surface area contributed by atoms with Crippen LogP contribution in [0.15, 0.2) is 18.5 Å². The molecule has 0 aromatic carbocycles. The molecule has 2 rings (SSSR count). The van der Waals surface area contributed by atoms with Crippen LogP contribution in [0.2, 0.25) is 0 Å². The fourth-order valence-corrected chi connectivity index (χ4v) is 2.69. The van der Waals surface area contributed by atoms with Crippen LogP contribution in [0.5, 0.6) is 0 Å². The Labute approximate surface area is 109 Å². The minimum Gasteiger partial charge on any atom is -0.370 e. The molecular formula is C15H21NO2. The molecule has 1 heterocycles. The van der Waals surface area contributed by atoms with Crippen LogP contribution in [0, 0.1) is 12.8 Å². The minimum atomic E-state index is -0.623. The Morgan fingerprint density at radius 3 is 2.61 bits per heavy atom. The maximum Gasteiger partial charge on any atom is 0.196 e. The number of hydrogen-bond donors (Lipinski definition) is 0. The van der Waals surface area contributed by atoms with E-state index in [4.69, 9.17) is 4.74 Å². The lowest BCUT2D eigenvalue weighted by Crippen LogP contribution is -2.43. The number of aromatic nitrogens is 1. The van der Waals surface area contributed by atoms with E-state index in [-0.39, 0.29) is 5.78 Å². The van der Waals surface area contributed by atoms with Gasteiger partial charge in [0.15, 0.2) is 5.78 Å². The Hall–Kier alpha value is -1.22. The second kappa shape index (κ2) is 5.19. The van der Waals surface area contributed by atoms with Crippen molar-refractivity contribution in [1.82, 2.24) is 4.98 Å². The highest BCUT2D eigenvalue weighted by atomic mass is 16.5. The summed E-state index contributed by atoms with van der Waals surface area (Å²) in [6.45, 7) is 4.18. The number of methoxy groups -OCH3 is 1. The first-order valence-corrected chi connectivity index (χ1v) is 6.59. The Balaban J connectivity index is 2.25. The fourth-order valence-electron chi connectivity index (χ4n) is 2.69. The van der Waals surface area contributed by atoms with Crippen molar-refractivity contribution in [3.8, 4) is 0 Å². The van der Waals surface area contributed by atoms with Crippen LogP contribution in [0.3, 0.4) is 0 Å². The predicted octanol–water partition coefficient (Wildman–Crippen LogP) is 3.17. The van der Waals surface area contributed by atoms with Gasteiger partial charge >= 0.3 is 0 Å². The highest BCUT2D eigenvalue weighted by Crippen LogP contribution is 2.36. The Bertz CT molecular complexity index is 434. The van der Waals surface area contributed by atoms with Crippen LogP contribution in [-0.4, -0.2) is 23.5 Å². The first kappa shape index (κ1) is 13.2. The lowest BCUT2D eigenvalue weighted by molar-refractivity contribution is -0.0263. The summed E-state index contributed by atoms with van der Waals surface area (Å²) in [6, 6.07) is 1.90. The van der Waals surface area contributed by atoms with Gasteiger partial charge in [-0.15, -0.1) is 0 Å². The molecule has 1 saturated carbocycles. The van der Waals surface area contributed by atoms with Gasteiger partial charge in [-0.25, -0.2) is 0 Å². The van der Waals surface area contributed by atoms with Gasteiger partial charge in [-0.05, 0) is 50.2 Å². The van der Waals surface area contributed by atoms with Crippen molar-refractivity contribution >= 4 is 5.78 Å². The molecule has 0 N–H and O–H groups in total. The maximum absolute atomic E-state index is 12.6. The predicted molar refractivity (Wildman–Crippen MR) is 70.7 cm³/mol. The molecule has 0 radical (unpaired) electrons. The molecule has 1 aromatic rings. The van der Waals surface area contributed by atoms with Gasteiger partial charge in [0.1, 0.15) is 5.60 Å². The van der Waals surface area contributed by atoms with Gasteiger partial charge in [0.25, 0.3) is 0 Å². The SMILES string of the molecule is COC1(C(=O)c2cncc(C)c2)CCC(C)CC1. The Kier molecular flexibility index (Phi) is 3.81. The van der Waals surface area contributed by atoms with E-state index < -0.39 is 5.60 Å². The number of nitrogens with zero attached hydrogens (tertiary/aromatic N) is 1. The average Bonchev–Trinajstić information content (AvgIpc) is 2.39. The molecule has 0 bridgehead atoms. The van der Waals surface area contributed by atoms with E-state index in [1.165, 1.54) is 0 Å². The van der Waals surface area contributed by atoms with Crippen molar-refractivity contribution < 1.29 is 9.53 Å². The van der Waals surface area contributed by atoms with Gasteiger partial charge in [-0.2, -0.15) is 0 Å². The zero-order valence-electron chi connectivity index (χ0n) is 11.4. The number of rotatable bonds is 3. The molecule has 0 amide bonds. The topological polar surface area (TPSA) is 39.2 Å². The number of ketones is 1. The van der Waals surface area contributed by atoms with Gasteiger partial charge in [0.05, 0.1) is 0 Å².